The molecule has 3 heterocycles. The van der Waals surface area contributed by atoms with Gasteiger partial charge in [0.05, 0.1) is 26.7 Å². The molecular weight excluding hydrogens is 532 g/mol. The van der Waals surface area contributed by atoms with E-state index >= 15 is 4.39 Å². The molecule has 222 valence electrons. The van der Waals surface area contributed by atoms with Gasteiger partial charge in [-0.1, -0.05) is 18.2 Å². The molecule has 3 aliphatic heterocycles. The van der Waals surface area contributed by atoms with E-state index in [1.807, 2.05) is 12.1 Å². The molecule has 1 N–H and O–H groups in total. The number of hydrogen-bond acceptors (Lipinski definition) is 7. The van der Waals surface area contributed by atoms with Crippen LogP contribution in [0.1, 0.15) is 35.8 Å². The molecule has 5 rings (SSSR count). The number of anilines is 1. The number of carbonyl (C=O) groups excluding carboxylic acids is 2. The number of esters is 1. The summed E-state index contributed by atoms with van der Waals surface area (Å²) in [5, 5.41) is 3.09. The number of likely N-dealkylation sites (tertiary alicyclic amines) is 1. The summed E-state index contributed by atoms with van der Waals surface area (Å²) < 4.78 is 46.9. The van der Waals surface area contributed by atoms with Gasteiger partial charge in [0.15, 0.2) is 0 Å². The van der Waals surface area contributed by atoms with Gasteiger partial charge < -0.3 is 29.3 Å². The fraction of sp³-hybridized carbons (Fsp3) is 0.548. The smallest absolute Gasteiger partial charge is 0.308 e. The fourth-order valence-corrected chi connectivity index (χ4v) is 6.79. The Morgan fingerprint density at radius 2 is 1.78 bits per heavy atom. The van der Waals surface area contributed by atoms with E-state index in [9.17, 15) is 14.0 Å². The maximum Gasteiger partial charge on any atom is 0.308 e. The lowest BCUT2D eigenvalue weighted by atomic mass is 9.85. The Bertz CT molecular complexity index is 1240. The van der Waals surface area contributed by atoms with Gasteiger partial charge >= 0.3 is 5.97 Å². The fourth-order valence-electron chi connectivity index (χ4n) is 6.79. The molecule has 0 spiro atoms. The number of hydrogen-bond donors (Lipinski definition) is 1. The topological polar surface area (TPSA) is 80.3 Å². The zero-order valence-corrected chi connectivity index (χ0v) is 23.9. The van der Waals surface area contributed by atoms with Crippen molar-refractivity contribution in [2.24, 2.45) is 11.8 Å². The number of piperidine rings is 1. The van der Waals surface area contributed by atoms with E-state index in [0.717, 1.165) is 16.8 Å². The largest absolute Gasteiger partial charge is 0.497 e. The number of rotatable bonds is 8. The minimum Gasteiger partial charge on any atom is -0.497 e. The minimum atomic E-state index is -2.09. The molecule has 0 unspecified atom stereocenters. The molecular formula is C31H39F2N3O5. The molecule has 10 heteroatoms. The van der Waals surface area contributed by atoms with Gasteiger partial charge in [0.2, 0.25) is 5.67 Å². The predicted octanol–water partition coefficient (Wildman–Crippen LogP) is 3.51. The summed E-state index contributed by atoms with van der Waals surface area (Å²) in [5.41, 5.74) is 0.307. The molecule has 2 aromatic carbocycles. The number of nitrogens with one attached hydrogen (secondary N) is 1. The van der Waals surface area contributed by atoms with Crippen molar-refractivity contribution in [3.05, 3.63) is 59.4 Å². The molecule has 3 fully saturated rings. The van der Waals surface area contributed by atoms with Crippen molar-refractivity contribution in [2.75, 3.05) is 72.1 Å². The van der Waals surface area contributed by atoms with E-state index in [0.29, 0.717) is 57.9 Å². The zero-order valence-electron chi connectivity index (χ0n) is 23.9. The third kappa shape index (κ3) is 5.77. The summed E-state index contributed by atoms with van der Waals surface area (Å²) >= 11 is 0. The van der Waals surface area contributed by atoms with Crippen molar-refractivity contribution < 1.29 is 32.6 Å². The average Bonchev–Trinajstić information content (AvgIpc) is 3.61. The van der Waals surface area contributed by atoms with Crippen LogP contribution in [-0.4, -0.2) is 89.6 Å². The van der Waals surface area contributed by atoms with Crippen molar-refractivity contribution in [1.82, 2.24) is 10.2 Å². The molecule has 0 aliphatic carbocycles. The van der Waals surface area contributed by atoms with Crippen LogP contribution in [0.25, 0.3) is 0 Å². The molecule has 4 atom stereocenters. The van der Waals surface area contributed by atoms with Crippen LogP contribution in [0.2, 0.25) is 0 Å². The number of halogens is 2. The van der Waals surface area contributed by atoms with E-state index in [1.165, 1.54) is 19.2 Å². The van der Waals surface area contributed by atoms with Gasteiger partial charge in [0.1, 0.15) is 11.6 Å². The number of carbonyl (C=O) groups is 2. The molecule has 2 aromatic rings. The third-order valence-corrected chi connectivity index (χ3v) is 9.03. The lowest BCUT2D eigenvalue weighted by Gasteiger charge is -2.35. The summed E-state index contributed by atoms with van der Waals surface area (Å²) in [6.07, 6.45) is 1.23. The summed E-state index contributed by atoms with van der Waals surface area (Å²) in [6, 6.07) is 11.9. The highest BCUT2D eigenvalue weighted by Gasteiger charge is 2.54. The molecule has 0 bridgehead atoms. The van der Waals surface area contributed by atoms with Crippen LogP contribution >= 0.6 is 0 Å². The van der Waals surface area contributed by atoms with Crippen molar-refractivity contribution in [2.45, 2.75) is 30.3 Å². The van der Waals surface area contributed by atoms with Gasteiger partial charge in [-0.3, -0.25) is 9.59 Å². The quantitative estimate of drug-likeness (QED) is 0.486. The molecule has 41 heavy (non-hydrogen) atoms. The van der Waals surface area contributed by atoms with Crippen LogP contribution in [0.4, 0.5) is 14.5 Å². The van der Waals surface area contributed by atoms with Crippen molar-refractivity contribution in [3.8, 4) is 5.75 Å². The van der Waals surface area contributed by atoms with Gasteiger partial charge in [0, 0.05) is 69.8 Å². The molecule has 3 saturated heterocycles. The normalized spacial score (nSPS) is 26.8. The number of ether oxygens (including phenoxy) is 3. The average molecular weight is 572 g/mol. The Labute approximate surface area is 239 Å². The number of amides is 1. The molecule has 0 aromatic heterocycles. The van der Waals surface area contributed by atoms with Crippen LogP contribution in [0.5, 0.6) is 5.75 Å². The Morgan fingerprint density at radius 1 is 1.05 bits per heavy atom. The summed E-state index contributed by atoms with van der Waals surface area (Å²) in [7, 11) is 4.58. The van der Waals surface area contributed by atoms with E-state index in [2.05, 4.69) is 10.2 Å². The van der Waals surface area contributed by atoms with Crippen LogP contribution < -0.4 is 15.0 Å². The van der Waals surface area contributed by atoms with Crippen LogP contribution in [0.3, 0.4) is 0 Å². The van der Waals surface area contributed by atoms with Crippen LogP contribution in [0, 0.1) is 17.7 Å². The molecule has 0 radical (unpaired) electrons. The van der Waals surface area contributed by atoms with E-state index in [4.69, 9.17) is 14.2 Å². The van der Waals surface area contributed by atoms with Crippen LogP contribution in [-0.2, 0) is 19.1 Å². The maximum atomic E-state index is 16.7. The van der Waals surface area contributed by atoms with Gasteiger partial charge in [-0.05, 0) is 48.2 Å². The Hall–Kier alpha value is -3.24. The van der Waals surface area contributed by atoms with E-state index < -0.39 is 17.5 Å². The van der Waals surface area contributed by atoms with E-state index in [1.54, 1.807) is 37.3 Å². The van der Waals surface area contributed by atoms with E-state index in [-0.39, 0.29) is 36.1 Å². The number of nitrogens with zero attached hydrogens (tertiary/aromatic N) is 2. The molecule has 3 aliphatic rings. The Kier molecular flexibility index (Phi) is 8.79. The zero-order chi connectivity index (χ0) is 29.1. The second-order valence-corrected chi connectivity index (χ2v) is 11.3. The standard InChI is InChI=1S/C31H39F2N3O5/c1-39-18-22-16-36(30(38)31(33)19-34-15-27(31)20-4-7-24(40-2)8-5-20)17-26(22)25-9-6-23(32)14-28(25)35-12-10-21(11-13-35)29(37)41-3/h4-9,14,21-22,26-27,34H,10-13,15-19H2,1-3H3/t22-,26+,27+,31+/m1/s1. The minimum absolute atomic E-state index is 0.0599. The second-order valence-electron chi connectivity index (χ2n) is 11.3. The lowest BCUT2D eigenvalue weighted by molar-refractivity contribution is -0.146. The van der Waals surface area contributed by atoms with Gasteiger partial charge in [-0.2, -0.15) is 0 Å². The summed E-state index contributed by atoms with van der Waals surface area (Å²) in [6.45, 7) is 2.51. The summed E-state index contributed by atoms with van der Waals surface area (Å²) in [4.78, 5) is 29.7. The maximum absolute atomic E-state index is 16.7. The molecule has 8 nitrogen and oxygen atoms in total. The Balaban J connectivity index is 1.38. The second kappa shape index (κ2) is 12.3. The first-order valence-electron chi connectivity index (χ1n) is 14.2. The highest BCUT2D eigenvalue weighted by atomic mass is 19.1. The molecule has 1 amide bonds. The van der Waals surface area contributed by atoms with Crippen molar-refractivity contribution in [1.29, 1.82) is 0 Å². The number of methoxy groups -OCH3 is 3. The lowest BCUT2D eigenvalue weighted by Crippen LogP contribution is -2.49. The number of alkyl halides is 1. The summed E-state index contributed by atoms with van der Waals surface area (Å²) in [5.74, 6) is -1.48. The first kappa shape index (κ1) is 29.3. The monoisotopic (exact) mass is 571 g/mol. The van der Waals surface area contributed by atoms with Gasteiger partial charge in [-0.25, -0.2) is 8.78 Å². The first-order chi connectivity index (χ1) is 19.8. The highest BCUT2D eigenvalue weighted by Crippen LogP contribution is 2.43. The van der Waals surface area contributed by atoms with Crippen molar-refractivity contribution in [3.63, 3.8) is 0 Å². The first-order valence-corrected chi connectivity index (χ1v) is 14.2. The SMILES string of the molecule is COC[C@H]1CN(C(=O)[C@]2(F)CNC[C@H]2c2ccc(OC)cc2)C[C@@H]1c1ccc(F)cc1N1CCC(C(=O)OC)CC1. The van der Waals surface area contributed by atoms with Crippen molar-refractivity contribution >= 4 is 17.6 Å². The van der Waals surface area contributed by atoms with Crippen LogP contribution in [0.15, 0.2) is 42.5 Å². The van der Waals surface area contributed by atoms with Gasteiger partial charge in [0.25, 0.3) is 5.91 Å². The predicted molar refractivity (Wildman–Crippen MR) is 150 cm³/mol. The highest BCUT2D eigenvalue weighted by molar-refractivity contribution is 5.88. The third-order valence-electron chi connectivity index (χ3n) is 9.03. The van der Waals surface area contributed by atoms with Gasteiger partial charge in [-0.15, -0.1) is 0 Å². The Morgan fingerprint density at radius 3 is 2.44 bits per heavy atom. The number of benzene rings is 2. The molecule has 0 saturated carbocycles.